The van der Waals surface area contributed by atoms with Gasteiger partial charge in [-0.1, -0.05) is 5.10 Å². The molecule has 0 atom stereocenters. The highest BCUT2D eigenvalue weighted by molar-refractivity contribution is 8.12. The number of aromatic nitrogens is 2. The Labute approximate surface area is 146 Å². The molecule has 0 saturated carbocycles. The van der Waals surface area contributed by atoms with Gasteiger partial charge >= 0.3 is 0 Å². The molecule has 0 spiro atoms. The molecule has 22 heavy (non-hydrogen) atoms. The van der Waals surface area contributed by atoms with Crippen LogP contribution in [0.4, 0.5) is 5.82 Å². The molecule has 0 aliphatic rings. The molecule has 83 valence electrons. The van der Waals surface area contributed by atoms with E-state index in [1.54, 1.807) is 7.05 Å². The fourth-order valence-electron chi connectivity index (χ4n) is 1.94. The average Bonchev–Trinajstić information content (AvgIpc) is 2.96. The highest BCUT2D eigenvalue weighted by Gasteiger charge is 2.36. The minimum atomic E-state index is -0.754. The van der Waals surface area contributed by atoms with Gasteiger partial charge in [-0.2, -0.15) is 0 Å². The van der Waals surface area contributed by atoms with Crippen LogP contribution >= 0.6 is 0 Å². The van der Waals surface area contributed by atoms with E-state index >= 15 is 0 Å². The Morgan fingerprint density at radius 1 is 1.00 bits per heavy atom. The van der Waals surface area contributed by atoms with E-state index in [1.165, 1.54) is 13.3 Å². The third kappa shape index (κ3) is 7.45. The average molecular weight is 261 g/mol. The number of nitrogens with one attached hydrogen (secondary N) is 1. The van der Waals surface area contributed by atoms with Gasteiger partial charge in [0.05, 0.1) is 0 Å². The third-order valence-corrected chi connectivity index (χ3v) is 3.06. The lowest BCUT2D eigenvalue weighted by atomic mass is 8.46. The zero-order chi connectivity index (χ0) is 17.3. The van der Waals surface area contributed by atoms with E-state index < -0.39 is 38.3 Å². The SMILES string of the molecule is CNc1conn1.[B][B]B([B])B(B([B])[B])B(B([B])[B])B([B])[B]. The summed E-state index contributed by atoms with van der Waals surface area (Å²) in [6.07, 6.45) is -2.34. The van der Waals surface area contributed by atoms with E-state index in [2.05, 4.69) is 20.2 Å². The molecule has 0 aliphatic carbocycles. The molecule has 17 radical (unpaired) electrons. The standard InChI is InChI=1S/C3H5N3O.B15/c1-4-3-2-7-6-5-3;1-9-13(8)15(12(6)7)14(10(2)3)11(4)5/h2,4H,1H3;. The molecule has 0 aromatic carbocycles. The molecular weight excluding hydrogens is 256 g/mol. The van der Waals surface area contributed by atoms with Crippen LogP contribution in [0.25, 0.3) is 0 Å². The Morgan fingerprint density at radius 2 is 1.50 bits per heavy atom. The van der Waals surface area contributed by atoms with Crippen LogP contribution in [0.2, 0.25) is 0 Å². The Bertz CT molecular complexity index is 364. The molecule has 1 heterocycles. The molecular formula is C3H5B15N3O. The summed E-state index contributed by atoms with van der Waals surface area (Å²) in [5.74, 6) is 0.653. The van der Waals surface area contributed by atoms with E-state index in [9.17, 15) is 0 Å². The highest BCUT2D eigenvalue weighted by atomic mass is 16.5. The summed E-state index contributed by atoms with van der Waals surface area (Å²) in [6, 6.07) is 0. The number of rotatable bonds is 7. The second-order valence-electron chi connectivity index (χ2n) is 4.70. The largest absolute Gasteiger partial charge is 0.369 e. The maximum Gasteiger partial charge on any atom is 0.190 e. The molecule has 0 fully saturated rings. The maximum atomic E-state index is 5.73. The van der Waals surface area contributed by atoms with Crippen LogP contribution in [0.3, 0.4) is 0 Å². The van der Waals surface area contributed by atoms with Crippen molar-refractivity contribution < 1.29 is 4.52 Å². The Hall–Kier alpha value is -0.0860. The Balaban J connectivity index is 0.000000518. The molecule has 1 aromatic rings. The van der Waals surface area contributed by atoms with E-state index in [1.807, 2.05) is 0 Å². The predicted molar refractivity (Wildman–Crippen MR) is 110 cm³/mol. The lowest BCUT2D eigenvalue weighted by Crippen LogP contribution is -2.73. The van der Waals surface area contributed by atoms with Crippen LogP contribution in [0.1, 0.15) is 0 Å². The van der Waals surface area contributed by atoms with E-state index in [4.69, 9.17) is 61.9 Å². The summed E-state index contributed by atoms with van der Waals surface area (Å²) in [4.78, 5) is 0. The van der Waals surface area contributed by atoms with Crippen LogP contribution in [0.5, 0.6) is 0 Å². The smallest absolute Gasteiger partial charge is 0.190 e. The number of hydrogen-bond acceptors (Lipinski definition) is 4. The third-order valence-electron chi connectivity index (χ3n) is 3.06. The molecule has 0 unspecified atom stereocenters. The molecule has 1 rings (SSSR count). The minimum absolute atomic E-state index is 0.463. The molecule has 0 amide bonds. The quantitative estimate of drug-likeness (QED) is 0.497. The summed E-state index contributed by atoms with van der Waals surface area (Å²) >= 11 is 0. The van der Waals surface area contributed by atoms with Gasteiger partial charge in [0.25, 0.3) is 0 Å². The van der Waals surface area contributed by atoms with Crippen molar-refractivity contribution in [2.75, 3.05) is 12.4 Å². The van der Waals surface area contributed by atoms with Crippen molar-refractivity contribution in [2.24, 2.45) is 0 Å². The summed E-state index contributed by atoms with van der Waals surface area (Å²) in [5, 5.41) is 9.45. The van der Waals surface area contributed by atoms with Gasteiger partial charge in [-0.15, -0.1) is 0 Å². The highest BCUT2D eigenvalue weighted by Crippen LogP contribution is 1.98. The molecule has 0 saturated heterocycles. The summed E-state index contributed by atoms with van der Waals surface area (Å²) in [6.45, 7) is 0. The van der Waals surface area contributed by atoms with Crippen LogP contribution in [-0.4, -0.2) is 125 Å². The van der Waals surface area contributed by atoms with Crippen molar-refractivity contribution in [3.8, 4) is 0 Å². The Morgan fingerprint density at radius 3 is 1.73 bits per heavy atom. The van der Waals surface area contributed by atoms with Gasteiger partial charge in [0.2, 0.25) is 0 Å². The first kappa shape index (κ1) is 21.9. The fraction of sp³-hybridized carbons (Fsp3) is 0.333. The molecule has 0 bridgehead atoms. The minimum Gasteiger partial charge on any atom is -0.369 e. The van der Waals surface area contributed by atoms with Crippen molar-refractivity contribution in [1.82, 2.24) is 10.4 Å². The van der Waals surface area contributed by atoms with Crippen LogP contribution in [0.15, 0.2) is 10.8 Å². The maximum absolute atomic E-state index is 5.73. The van der Waals surface area contributed by atoms with E-state index in [0.717, 1.165) is 0 Å². The van der Waals surface area contributed by atoms with Gasteiger partial charge in [-0.3, -0.25) is 0 Å². The van der Waals surface area contributed by atoms with Gasteiger partial charge in [-0.05, 0) is 0 Å². The summed E-state index contributed by atoms with van der Waals surface area (Å²) in [5.41, 5.74) is 0. The lowest BCUT2D eigenvalue weighted by molar-refractivity contribution is 0.393. The van der Waals surface area contributed by atoms with Crippen molar-refractivity contribution in [3.05, 3.63) is 6.26 Å². The van der Waals surface area contributed by atoms with Gasteiger partial charge in [0.1, 0.15) is 0 Å². The Kier molecular flexibility index (Phi) is 11.4. The van der Waals surface area contributed by atoms with Crippen LogP contribution < -0.4 is 5.32 Å². The zero-order valence-corrected chi connectivity index (χ0v) is 12.5. The number of nitrogens with zero attached hydrogens (tertiary/aromatic N) is 2. The van der Waals surface area contributed by atoms with E-state index in [-0.39, 0.29) is 0 Å². The van der Waals surface area contributed by atoms with Gasteiger partial charge in [0, 0.05) is 120 Å². The first-order valence-corrected chi connectivity index (χ1v) is 6.55. The van der Waals surface area contributed by atoms with Crippen molar-refractivity contribution in [2.45, 2.75) is 0 Å². The second-order valence-corrected chi connectivity index (χ2v) is 4.70. The van der Waals surface area contributed by atoms with Crippen LogP contribution in [-0.2, 0) is 0 Å². The monoisotopic (exact) mass is 264 g/mol. The molecule has 0 aliphatic heterocycles. The molecule has 4 nitrogen and oxygen atoms in total. The van der Waals surface area contributed by atoms with Crippen molar-refractivity contribution in [1.29, 1.82) is 0 Å². The first-order chi connectivity index (χ1) is 10.3. The van der Waals surface area contributed by atoms with Gasteiger partial charge in [-0.25, -0.2) is 0 Å². The second kappa shape index (κ2) is 11.4. The predicted octanol–water partition coefficient (Wildman–Crippen LogP) is -5.60. The summed E-state index contributed by atoms with van der Waals surface area (Å²) in [7, 11) is 47.5. The molecule has 1 aromatic heterocycles. The fourth-order valence-corrected chi connectivity index (χ4v) is 1.94. The van der Waals surface area contributed by atoms with Gasteiger partial charge < -0.3 is 9.84 Å². The lowest BCUT2D eigenvalue weighted by Gasteiger charge is -2.35. The van der Waals surface area contributed by atoms with Crippen LogP contribution in [0, 0.1) is 0 Å². The van der Waals surface area contributed by atoms with E-state index in [0.29, 0.717) is 5.82 Å². The van der Waals surface area contributed by atoms with Crippen molar-refractivity contribution in [3.63, 3.8) is 0 Å². The van der Waals surface area contributed by atoms with Gasteiger partial charge in [0.15, 0.2) is 12.1 Å². The topological polar surface area (TPSA) is 51.0 Å². The molecule has 19 heteroatoms. The normalized spacial score (nSPS) is 8.77. The van der Waals surface area contributed by atoms with Crippen molar-refractivity contribution >= 4 is 113 Å². The number of hydrogen-bond donors (Lipinski definition) is 1. The number of anilines is 1. The zero-order valence-electron chi connectivity index (χ0n) is 12.5. The molecule has 1 N–H and O–H groups in total. The summed E-state index contributed by atoms with van der Waals surface area (Å²) < 4.78 is 4.38. The first-order valence-electron chi connectivity index (χ1n) is 6.55.